The summed E-state index contributed by atoms with van der Waals surface area (Å²) in [7, 11) is 0. The zero-order chi connectivity index (χ0) is 33.1. The number of imidazole rings is 1. The molecule has 0 spiro atoms. The van der Waals surface area contributed by atoms with Crippen LogP contribution in [0.5, 0.6) is 0 Å². The van der Waals surface area contributed by atoms with E-state index in [2.05, 4.69) is 39.0 Å². The number of alkyl carbamates (subject to hydrolysis) is 1. The number of benzene rings is 2. The predicted octanol–water partition coefficient (Wildman–Crippen LogP) is 4.51. The SMILES string of the molecule is O=C(O)C(F)(F)F.O=C1NC(=O)C(c2ccc(-c3cnc(N4CCOCC4)c4nc(CCc5ccc6ccccc6n5)cn34)cc2)O1. The lowest BCUT2D eigenvalue weighted by Crippen LogP contribution is -2.37. The molecule has 2 N–H and O–H groups in total. The third kappa shape index (κ3) is 6.99. The van der Waals surface area contributed by atoms with Crippen LogP contribution in [-0.2, 0) is 31.9 Å². The molecule has 3 aromatic heterocycles. The molecule has 0 radical (unpaired) electrons. The Bertz CT molecular complexity index is 1960. The van der Waals surface area contributed by atoms with E-state index in [1.54, 1.807) is 12.1 Å². The Labute approximate surface area is 264 Å². The van der Waals surface area contributed by atoms with E-state index in [0.29, 0.717) is 18.8 Å². The number of aliphatic carboxylic acids is 1. The number of cyclic esters (lactones) is 1. The summed E-state index contributed by atoms with van der Waals surface area (Å²) in [6.07, 6.45) is -1.33. The second-order valence-electron chi connectivity index (χ2n) is 10.7. The standard InChI is InChI=1S/C30H26N6O4.C2HF3O2/c37-29-26(40-30(38)34-29)21-7-5-20(6-8-21)25-17-31-27(35-13-15-39-16-14-35)28-33-23(18-36(25)28)12-11-22-10-9-19-3-1-2-4-24(19)32-22;3-2(4,5)1(6)7/h1-10,17-18,26H,11-16H2,(H,34,37,38);(H,6,7). The zero-order valence-electron chi connectivity index (χ0n) is 24.6. The number of nitrogens with one attached hydrogen (secondary N) is 1. The van der Waals surface area contributed by atoms with Crippen molar-refractivity contribution in [2.24, 2.45) is 0 Å². The highest BCUT2D eigenvalue weighted by Crippen LogP contribution is 2.29. The Morgan fingerprint density at radius 2 is 1.66 bits per heavy atom. The number of hydrogen-bond acceptors (Lipinski definition) is 9. The molecular formula is C32H27F3N6O6. The van der Waals surface area contributed by atoms with Crippen LogP contribution in [-0.4, -0.2) is 74.9 Å². The minimum absolute atomic E-state index is 0.461. The molecule has 2 saturated heterocycles. The first-order chi connectivity index (χ1) is 22.6. The quantitative estimate of drug-likeness (QED) is 0.270. The second kappa shape index (κ2) is 13.0. The minimum atomic E-state index is -5.08. The normalized spacial score (nSPS) is 16.5. The highest BCUT2D eigenvalue weighted by Gasteiger charge is 2.38. The van der Waals surface area contributed by atoms with Crippen molar-refractivity contribution in [2.75, 3.05) is 31.2 Å². The average molecular weight is 649 g/mol. The van der Waals surface area contributed by atoms with Gasteiger partial charge in [0.2, 0.25) is 6.10 Å². The van der Waals surface area contributed by atoms with Crippen molar-refractivity contribution < 1.29 is 42.1 Å². The van der Waals surface area contributed by atoms with Gasteiger partial charge in [0.25, 0.3) is 5.91 Å². The summed E-state index contributed by atoms with van der Waals surface area (Å²) in [6.45, 7) is 2.80. The Morgan fingerprint density at radius 1 is 0.957 bits per heavy atom. The van der Waals surface area contributed by atoms with E-state index in [1.165, 1.54) is 0 Å². The zero-order valence-corrected chi connectivity index (χ0v) is 24.6. The van der Waals surface area contributed by atoms with Crippen LogP contribution < -0.4 is 10.2 Å². The van der Waals surface area contributed by atoms with Crippen molar-refractivity contribution in [3.05, 3.63) is 90.0 Å². The van der Waals surface area contributed by atoms with Gasteiger partial charge in [-0.25, -0.2) is 19.6 Å². The summed E-state index contributed by atoms with van der Waals surface area (Å²) in [5.74, 6) is -2.39. The number of aromatic nitrogens is 4. The van der Waals surface area contributed by atoms with Gasteiger partial charge >= 0.3 is 18.2 Å². The first-order valence-corrected chi connectivity index (χ1v) is 14.5. The van der Waals surface area contributed by atoms with E-state index in [-0.39, 0.29) is 0 Å². The summed E-state index contributed by atoms with van der Waals surface area (Å²) >= 11 is 0. The molecular weight excluding hydrogens is 621 g/mol. The summed E-state index contributed by atoms with van der Waals surface area (Å²) < 4.78 is 44.5. The molecule has 12 nitrogen and oxygen atoms in total. The molecule has 5 aromatic rings. The number of rotatable bonds is 6. The number of fused-ring (bicyclic) bond motifs is 2. The Morgan fingerprint density at radius 3 is 2.34 bits per heavy atom. The molecule has 2 aliphatic heterocycles. The molecule has 2 aliphatic rings. The lowest BCUT2D eigenvalue weighted by molar-refractivity contribution is -0.192. The highest BCUT2D eigenvalue weighted by molar-refractivity contribution is 6.00. The van der Waals surface area contributed by atoms with Crippen LogP contribution in [0.25, 0.3) is 27.8 Å². The number of nitrogens with zero attached hydrogens (tertiary/aromatic N) is 5. The minimum Gasteiger partial charge on any atom is -0.475 e. The van der Waals surface area contributed by atoms with Crippen LogP contribution in [0, 0.1) is 0 Å². The number of carbonyl (C=O) groups excluding carboxylic acids is 2. The number of pyridine rings is 1. The number of carboxylic acids is 1. The molecule has 1 atom stereocenters. The summed E-state index contributed by atoms with van der Waals surface area (Å²) in [5, 5.41) is 10.4. The number of halogens is 3. The number of para-hydroxylation sites is 1. The third-order valence-electron chi connectivity index (χ3n) is 7.57. The first-order valence-electron chi connectivity index (χ1n) is 14.5. The van der Waals surface area contributed by atoms with Crippen molar-refractivity contribution >= 4 is 40.3 Å². The maximum absolute atomic E-state index is 12.0. The number of carbonyl (C=O) groups is 3. The molecule has 242 valence electrons. The number of hydrogen-bond donors (Lipinski definition) is 2. The number of alkyl halides is 3. The van der Waals surface area contributed by atoms with Gasteiger partial charge in [0.05, 0.1) is 36.3 Å². The Balaban J connectivity index is 0.000000499. The lowest BCUT2D eigenvalue weighted by atomic mass is 10.0. The van der Waals surface area contributed by atoms with Crippen LogP contribution in [0.1, 0.15) is 23.1 Å². The maximum atomic E-state index is 12.0. The summed E-state index contributed by atoms with van der Waals surface area (Å²) in [5.41, 5.74) is 6.13. The van der Waals surface area contributed by atoms with E-state index in [9.17, 15) is 22.8 Å². The molecule has 2 aromatic carbocycles. The van der Waals surface area contributed by atoms with Gasteiger partial charge in [0, 0.05) is 41.5 Å². The smallest absolute Gasteiger partial charge is 0.475 e. The Hall–Kier alpha value is -5.57. The largest absolute Gasteiger partial charge is 0.490 e. The fourth-order valence-electron chi connectivity index (χ4n) is 5.25. The van der Waals surface area contributed by atoms with Crippen LogP contribution in [0.3, 0.4) is 0 Å². The molecule has 47 heavy (non-hydrogen) atoms. The second-order valence-corrected chi connectivity index (χ2v) is 10.7. The van der Waals surface area contributed by atoms with E-state index < -0.39 is 30.2 Å². The molecule has 7 rings (SSSR count). The van der Waals surface area contributed by atoms with Gasteiger partial charge < -0.3 is 19.5 Å². The average Bonchev–Trinajstić information content (AvgIpc) is 3.65. The van der Waals surface area contributed by atoms with Crippen LogP contribution in [0.4, 0.5) is 23.8 Å². The molecule has 0 bridgehead atoms. The number of carboxylic acid groups (broad SMARTS) is 1. The number of morpholine rings is 1. The molecule has 1 unspecified atom stereocenters. The van der Waals surface area contributed by atoms with Crippen LogP contribution in [0.2, 0.25) is 0 Å². The molecule has 0 aliphatic carbocycles. The molecule has 5 heterocycles. The molecule has 15 heteroatoms. The van der Waals surface area contributed by atoms with Gasteiger partial charge in [0.15, 0.2) is 11.5 Å². The van der Waals surface area contributed by atoms with Crippen LogP contribution in [0.15, 0.2) is 73.1 Å². The van der Waals surface area contributed by atoms with Crippen LogP contribution >= 0.6 is 0 Å². The number of anilines is 1. The van der Waals surface area contributed by atoms with Gasteiger partial charge in [-0.05, 0) is 25.0 Å². The van der Waals surface area contributed by atoms with Gasteiger partial charge in [-0.3, -0.25) is 19.5 Å². The summed E-state index contributed by atoms with van der Waals surface area (Å²) in [4.78, 5) is 49.3. The lowest BCUT2D eigenvalue weighted by Gasteiger charge is -2.28. The summed E-state index contributed by atoms with van der Waals surface area (Å²) in [6, 6.07) is 19.7. The third-order valence-corrected chi connectivity index (χ3v) is 7.57. The molecule has 0 saturated carbocycles. The topological polar surface area (TPSA) is 148 Å². The monoisotopic (exact) mass is 648 g/mol. The predicted molar refractivity (Wildman–Crippen MR) is 162 cm³/mol. The number of imide groups is 1. The fourth-order valence-corrected chi connectivity index (χ4v) is 5.25. The number of ether oxygens (including phenoxy) is 2. The highest BCUT2D eigenvalue weighted by atomic mass is 19.4. The number of aryl methyl sites for hydroxylation is 2. The maximum Gasteiger partial charge on any atom is 0.490 e. The van der Waals surface area contributed by atoms with E-state index in [4.69, 9.17) is 34.3 Å². The van der Waals surface area contributed by atoms with Crippen molar-refractivity contribution in [1.82, 2.24) is 24.7 Å². The number of amides is 2. The van der Waals surface area contributed by atoms with E-state index in [0.717, 1.165) is 70.9 Å². The van der Waals surface area contributed by atoms with Crippen molar-refractivity contribution in [1.29, 1.82) is 0 Å². The van der Waals surface area contributed by atoms with Crippen molar-refractivity contribution in [3.63, 3.8) is 0 Å². The van der Waals surface area contributed by atoms with Crippen molar-refractivity contribution in [3.8, 4) is 11.3 Å². The molecule has 2 amide bonds. The van der Waals surface area contributed by atoms with Gasteiger partial charge in [0.1, 0.15) is 0 Å². The Kier molecular flexibility index (Phi) is 8.72. The molecule has 2 fully saturated rings. The van der Waals surface area contributed by atoms with E-state index in [1.807, 2.05) is 36.5 Å². The van der Waals surface area contributed by atoms with Gasteiger partial charge in [-0.2, -0.15) is 13.2 Å². The first kappa shape index (κ1) is 31.4. The van der Waals surface area contributed by atoms with Gasteiger partial charge in [-0.1, -0.05) is 48.5 Å². The van der Waals surface area contributed by atoms with E-state index >= 15 is 0 Å². The fraction of sp³-hybridized carbons (Fsp3) is 0.250. The van der Waals surface area contributed by atoms with Gasteiger partial charge in [-0.15, -0.1) is 0 Å². The van der Waals surface area contributed by atoms with Crippen molar-refractivity contribution in [2.45, 2.75) is 25.1 Å².